The molecule has 1 aromatic rings. The van der Waals surface area contributed by atoms with Gasteiger partial charge in [-0.1, -0.05) is 32.0 Å². The number of carbonyl (C=O) groups is 3. The molecule has 0 saturated heterocycles. The largest absolute Gasteiger partial charge is 0.463 e. The highest BCUT2D eigenvalue weighted by atomic mass is 16.6. The minimum absolute atomic E-state index is 0.0606. The molecule has 1 N–H and O–H groups in total. The van der Waals surface area contributed by atoms with Gasteiger partial charge in [-0.15, -0.1) is 0 Å². The third kappa shape index (κ3) is 6.42. The van der Waals surface area contributed by atoms with E-state index in [1.165, 1.54) is 6.92 Å². The number of benzene rings is 1. The topological polar surface area (TPSA) is 90.9 Å². The van der Waals surface area contributed by atoms with Gasteiger partial charge >= 0.3 is 11.9 Å². The van der Waals surface area contributed by atoms with Crippen LogP contribution < -0.4 is 5.32 Å². The first-order chi connectivity index (χ1) is 14.4. The summed E-state index contributed by atoms with van der Waals surface area (Å²) in [5.41, 5.74) is 0.768. The van der Waals surface area contributed by atoms with Gasteiger partial charge in [-0.05, 0) is 38.0 Å². The molecule has 7 nitrogen and oxygen atoms in total. The molecule has 164 valence electrons. The van der Waals surface area contributed by atoms with E-state index < -0.39 is 30.2 Å². The zero-order chi connectivity index (χ0) is 22.1. The Morgan fingerprint density at radius 3 is 2.30 bits per heavy atom. The first-order valence-electron chi connectivity index (χ1n) is 10.5. The van der Waals surface area contributed by atoms with Gasteiger partial charge in [-0.2, -0.15) is 0 Å². The number of ether oxygens (including phenoxy) is 3. The van der Waals surface area contributed by atoms with Crippen LogP contribution in [0, 0.1) is 0 Å². The van der Waals surface area contributed by atoms with Gasteiger partial charge in [0.25, 0.3) is 0 Å². The van der Waals surface area contributed by atoms with Crippen LogP contribution >= 0.6 is 0 Å². The van der Waals surface area contributed by atoms with Gasteiger partial charge in [0, 0.05) is 18.9 Å². The quantitative estimate of drug-likeness (QED) is 0.621. The molecule has 30 heavy (non-hydrogen) atoms. The van der Waals surface area contributed by atoms with Gasteiger partial charge in [0.2, 0.25) is 5.91 Å². The van der Waals surface area contributed by atoms with Crippen molar-refractivity contribution < 1.29 is 28.6 Å². The number of rotatable bonds is 9. The molecule has 1 aliphatic carbocycles. The molecule has 0 spiro atoms. The average molecular weight is 418 g/mol. The van der Waals surface area contributed by atoms with E-state index in [2.05, 4.69) is 5.32 Å². The lowest BCUT2D eigenvalue weighted by molar-refractivity contribution is -0.139. The van der Waals surface area contributed by atoms with Gasteiger partial charge in [-0.3, -0.25) is 4.79 Å². The molecule has 2 rings (SSSR count). The van der Waals surface area contributed by atoms with Crippen molar-refractivity contribution >= 4 is 17.8 Å². The number of hydrogen-bond donors (Lipinski definition) is 1. The second-order valence-electron chi connectivity index (χ2n) is 7.19. The smallest absolute Gasteiger partial charge is 0.338 e. The van der Waals surface area contributed by atoms with Crippen LogP contribution in [0.5, 0.6) is 0 Å². The average Bonchev–Trinajstić information content (AvgIpc) is 2.74. The van der Waals surface area contributed by atoms with E-state index in [9.17, 15) is 14.4 Å². The molecule has 0 radical (unpaired) electrons. The molecule has 0 fully saturated rings. The second kappa shape index (κ2) is 11.5. The maximum Gasteiger partial charge on any atom is 0.338 e. The maximum atomic E-state index is 12.7. The summed E-state index contributed by atoms with van der Waals surface area (Å²) in [6.45, 7) is 7.37. The number of nitrogens with one attached hydrogen (secondary N) is 1. The zero-order valence-electron chi connectivity index (χ0n) is 18.1. The summed E-state index contributed by atoms with van der Waals surface area (Å²) in [6, 6.07) is 7.97. The predicted octanol–water partition coefficient (Wildman–Crippen LogP) is 3.18. The standard InChI is InChI=1S/C23H31NO6/c1-5-18(6-2)29-19-13-17(22(26)28-7-3)14-20(21(19)24-15(4)25)30-23(27)16-11-9-8-10-12-16/h8-13,18-21H,5-7,14H2,1-4H3,(H,24,25)/t19-,20-,21+/m1/s1. The van der Waals surface area contributed by atoms with Gasteiger partial charge in [-0.25, -0.2) is 9.59 Å². The number of hydrogen-bond acceptors (Lipinski definition) is 6. The molecule has 7 heteroatoms. The van der Waals surface area contributed by atoms with Crippen molar-refractivity contribution in [2.24, 2.45) is 0 Å². The normalized spacial score (nSPS) is 21.0. The van der Waals surface area contributed by atoms with E-state index in [-0.39, 0.29) is 25.0 Å². The van der Waals surface area contributed by atoms with Gasteiger partial charge < -0.3 is 19.5 Å². The Balaban J connectivity index is 2.35. The van der Waals surface area contributed by atoms with Crippen LogP contribution in [-0.4, -0.2) is 48.8 Å². The maximum absolute atomic E-state index is 12.7. The van der Waals surface area contributed by atoms with Crippen molar-refractivity contribution in [1.29, 1.82) is 0 Å². The molecule has 0 bridgehead atoms. The molecule has 0 unspecified atom stereocenters. The Morgan fingerprint density at radius 2 is 1.73 bits per heavy atom. The van der Waals surface area contributed by atoms with E-state index in [0.717, 1.165) is 12.8 Å². The molecule has 3 atom stereocenters. The lowest BCUT2D eigenvalue weighted by Crippen LogP contribution is -2.55. The van der Waals surface area contributed by atoms with Gasteiger partial charge in [0.15, 0.2) is 0 Å². The number of amides is 1. The van der Waals surface area contributed by atoms with E-state index in [0.29, 0.717) is 11.1 Å². The number of carbonyl (C=O) groups excluding carboxylic acids is 3. The van der Waals surface area contributed by atoms with Crippen LogP contribution in [0.15, 0.2) is 42.0 Å². The minimum Gasteiger partial charge on any atom is -0.463 e. The third-order valence-corrected chi connectivity index (χ3v) is 4.98. The highest BCUT2D eigenvalue weighted by Gasteiger charge is 2.40. The molecular weight excluding hydrogens is 386 g/mol. The summed E-state index contributed by atoms with van der Waals surface area (Å²) in [5, 5.41) is 2.85. The molecule has 0 aliphatic heterocycles. The van der Waals surface area contributed by atoms with Crippen LogP contribution in [0.1, 0.15) is 57.3 Å². The highest BCUT2D eigenvalue weighted by molar-refractivity contribution is 5.91. The molecule has 1 aromatic carbocycles. The first kappa shape index (κ1) is 23.6. The van der Waals surface area contributed by atoms with E-state index in [4.69, 9.17) is 14.2 Å². The fourth-order valence-electron chi connectivity index (χ4n) is 3.43. The summed E-state index contributed by atoms with van der Waals surface area (Å²) in [5.74, 6) is -1.27. The Bertz CT molecular complexity index is 756. The van der Waals surface area contributed by atoms with E-state index in [1.54, 1.807) is 43.3 Å². The van der Waals surface area contributed by atoms with Crippen LogP contribution in [-0.2, 0) is 23.8 Å². The minimum atomic E-state index is -0.773. The first-order valence-corrected chi connectivity index (χ1v) is 10.5. The predicted molar refractivity (Wildman–Crippen MR) is 112 cm³/mol. The van der Waals surface area contributed by atoms with Crippen molar-refractivity contribution in [2.45, 2.75) is 71.3 Å². The number of esters is 2. The monoisotopic (exact) mass is 417 g/mol. The lowest BCUT2D eigenvalue weighted by atomic mass is 9.89. The second-order valence-corrected chi connectivity index (χ2v) is 7.19. The van der Waals surface area contributed by atoms with Gasteiger partial charge in [0.1, 0.15) is 12.2 Å². The van der Waals surface area contributed by atoms with E-state index >= 15 is 0 Å². The molecule has 1 amide bonds. The molecule has 0 heterocycles. The Morgan fingerprint density at radius 1 is 1.07 bits per heavy atom. The van der Waals surface area contributed by atoms with Crippen molar-refractivity contribution in [2.75, 3.05) is 6.61 Å². The van der Waals surface area contributed by atoms with Gasteiger partial charge in [0.05, 0.1) is 24.3 Å². The summed E-state index contributed by atoms with van der Waals surface area (Å²) in [7, 11) is 0. The third-order valence-electron chi connectivity index (χ3n) is 4.98. The van der Waals surface area contributed by atoms with Crippen LogP contribution in [0.2, 0.25) is 0 Å². The fraction of sp³-hybridized carbons (Fsp3) is 0.522. The molecular formula is C23H31NO6. The van der Waals surface area contributed by atoms with Crippen molar-refractivity contribution in [3.8, 4) is 0 Å². The van der Waals surface area contributed by atoms with Crippen LogP contribution in [0.4, 0.5) is 0 Å². The van der Waals surface area contributed by atoms with Crippen LogP contribution in [0.25, 0.3) is 0 Å². The summed E-state index contributed by atoms with van der Waals surface area (Å²) in [4.78, 5) is 37.0. The Labute approximate surface area is 177 Å². The van der Waals surface area contributed by atoms with Crippen molar-refractivity contribution in [3.63, 3.8) is 0 Å². The SMILES string of the molecule is CCOC(=O)C1=C[C@@H](OC(CC)CC)[C@H](NC(C)=O)[C@H](OC(=O)c2ccccc2)C1. The molecule has 1 aliphatic rings. The van der Waals surface area contributed by atoms with Crippen molar-refractivity contribution in [3.05, 3.63) is 47.5 Å². The Hall–Kier alpha value is -2.67. The lowest BCUT2D eigenvalue weighted by Gasteiger charge is -2.37. The zero-order valence-corrected chi connectivity index (χ0v) is 18.1. The summed E-state index contributed by atoms with van der Waals surface area (Å²) < 4.78 is 17.1. The molecule has 0 saturated carbocycles. The van der Waals surface area contributed by atoms with Crippen molar-refractivity contribution in [1.82, 2.24) is 5.32 Å². The summed E-state index contributed by atoms with van der Waals surface area (Å²) in [6.07, 6.45) is 1.91. The highest BCUT2D eigenvalue weighted by Crippen LogP contribution is 2.27. The fourth-order valence-corrected chi connectivity index (χ4v) is 3.43. The van der Waals surface area contributed by atoms with E-state index in [1.807, 2.05) is 13.8 Å². The molecule has 0 aromatic heterocycles. The Kier molecular flexibility index (Phi) is 9.05. The summed E-state index contributed by atoms with van der Waals surface area (Å²) >= 11 is 0. The van der Waals surface area contributed by atoms with Crippen LogP contribution in [0.3, 0.4) is 0 Å².